The SMILES string of the molecule is COC(=O)C[C@@H](NC(N)=O)c1ccccc1. The molecule has 0 heterocycles. The molecule has 0 aromatic heterocycles. The van der Waals surface area contributed by atoms with Crippen LogP contribution in [0.15, 0.2) is 30.3 Å². The second-order valence-electron chi connectivity index (χ2n) is 3.25. The quantitative estimate of drug-likeness (QED) is 0.744. The van der Waals surface area contributed by atoms with E-state index in [1.807, 2.05) is 30.3 Å². The van der Waals surface area contributed by atoms with Gasteiger partial charge in [-0.1, -0.05) is 30.3 Å². The van der Waals surface area contributed by atoms with Crippen LogP contribution in [0.5, 0.6) is 0 Å². The lowest BCUT2D eigenvalue weighted by molar-refractivity contribution is -0.141. The van der Waals surface area contributed by atoms with E-state index in [4.69, 9.17) is 5.73 Å². The first-order chi connectivity index (χ1) is 7.63. The van der Waals surface area contributed by atoms with Gasteiger partial charge in [-0.3, -0.25) is 4.79 Å². The number of benzene rings is 1. The maximum atomic E-state index is 11.2. The lowest BCUT2D eigenvalue weighted by Gasteiger charge is -2.16. The van der Waals surface area contributed by atoms with Crippen molar-refractivity contribution in [3.63, 3.8) is 0 Å². The summed E-state index contributed by atoms with van der Waals surface area (Å²) in [6, 6.07) is 7.99. The molecule has 0 saturated carbocycles. The van der Waals surface area contributed by atoms with E-state index in [1.54, 1.807) is 0 Å². The molecule has 5 nitrogen and oxygen atoms in total. The molecule has 0 saturated heterocycles. The lowest BCUT2D eigenvalue weighted by Crippen LogP contribution is -2.34. The van der Waals surface area contributed by atoms with Crippen molar-refractivity contribution in [2.45, 2.75) is 12.5 Å². The van der Waals surface area contributed by atoms with E-state index < -0.39 is 18.0 Å². The van der Waals surface area contributed by atoms with Gasteiger partial charge in [0.25, 0.3) is 0 Å². The summed E-state index contributed by atoms with van der Waals surface area (Å²) in [5, 5.41) is 2.50. The van der Waals surface area contributed by atoms with Gasteiger partial charge in [0, 0.05) is 0 Å². The Morgan fingerprint density at radius 1 is 1.38 bits per heavy atom. The molecule has 0 fully saturated rings. The van der Waals surface area contributed by atoms with Crippen LogP contribution in [0.1, 0.15) is 18.0 Å². The van der Waals surface area contributed by atoms with Gasteiger partial charge in [-0.05, 0) is 5.56 Å². The van der Waals surface area contributed by atoms with Crippen molar-refractivity contribution in [3.8, 4) is 0 Å². The van der Waals surface area contributed by atoms with Crippen molar-refractivity contribution in [2.24, 2.45) is 5.73 Å². The Morgan fingerprint density at radius 3 is 2.50 bits per heavy atom. The minimum Gasteiger partial charge on any atom is -0.469 e. The molecule has 0 aliphatic rings. The van der Waals surface area contributed by atoms with E-state index in [1.165, 1.54) is 7.11 Å². The molecule has 86 valence electrons. The molecule has 0 bridgehead atoms. The van der Waals surface area contributed by atoms with Crippen molar-refractivity contribution < 1.29 is 14.3 Å². The molecule has 0 unspecified atom stereocenters. The van der Waals surface area contributed by atoms with Crippen molar-refractivity contribution in [3.05, 3.63) is 35.9 Å². The Hall–Kier alpha value is -2.04. The van der Waals surface area contributed by atoms with E-state index >= 15 is 0 Å². The highest BCUT2D eigenvalue weighted by Crippen LogP contribution is 2.16. The van der Waals surface area contributed by atoms with Crippen molar-refractivity contribution in [2.75, 3.05) is 7.11 Å². The maximum Gasteiger partial charge on any atom is 0.312 e. The van der Waals surface area contributed by atoms with Gasteiger partial charge in [-0.2, -0.15) is 0 Å². The average Bonchev–Trinajstić information content (AvgIpc) is 2.28. The molecule has 0 radical (unpaired) electrons. The lowest BCUT2D eigenvalue weighted by atomic mass is 10.0. The van der Waals surface area contributed by atoms with Gasteiger partial charge in [0.2, 0.25) is 0 Å². The molecular weight excluding hydrogens is 208 g/mol. The standard InChI is InChI=1S/C11H14N2O3/c1-16-10(14)7-9(13-11(12)15)8-5-3-2-4-6-8/h2-6,9H,7H2,1H3,(H3,12,13,15)/t9-/m1/s1. The summed E-state index contributed by atoms with van der Waals surface area (Å²) < 4.78 is 4.55. The first kappa shape index (κ1) is 12.0. The fourth-order valence-electron chi connectivity index (χ4n) is 1.36. The fourth-order valence-corrected chi connectivity index (χ4v) is 1.36. The molecule has 0 aliphatic carbocycles. The fraction of sp³-hybridized carbons (Fsp3) is 0.273. The van der Waals surface area contributed by atoms with Crippen LogP contribution in [0, 0.1) is 0 Å². The van der Waals surface area contributed by atoms with E-state index in [0.717, 1.165) is 5.56 Å². The van der Waals surface area contributed by atoms with Crippen molar-refractivity contribution in [1.29, 1.82) is 0 Å². The number of ether oxygens (including phenoxy) is 1. The zero-order chi connectivity index (χ0) is 12.0. The Balaban J connectivity index is 2.79. The topological polar surface area (TPSA) is 81.4 Å². The number of hydrogen-bond acceptors (Lipinski definition) is 3. The molecule has 1 atom stereocenters. The van der Waals surface area contributed by atoms with Crippen molar-refractivity contribution >= 4 is 12.0 Å². The molecule has 16 heavy (non-hydrogen) atoms. The zero-order valence-corrected chi connectivity index (χ0v) is 8.97. The third-order valence-electron chi connectivity index (χ3n) is 2.12. The first-order valence-electron chi connectivity index (χ1n) is 4.81. The minimum absolute atomic E-state index is 0.0590. The number of primary amides is 1. The van der Waals surface area contributed by atoms with Gasteiger partial charge in [-0.25, -0.2) is 4.79 Å². The number of nitrogens with one attached hydrogen (secondary N) is 1. The summed E-state index contributed by atoms with van der Waals surface area (Å²) in [6.07, 6.45) is 0.0590. The molecule has 1 rings (SSSR count). The molecule has 1 aromatic carbocycles. The number of hydrogen-bond donors (Lipinski definition) is 2. The highest BCUT2D eigenvalue weighted by atomic mass is 16.5. The van der Waals surface area contributed by atoms with E-state index in [-0.39, 0.29) is 6.42 Å². The summed E-state index contributed by atoms with van der Waals surface area (Å²) in [6.45, 7) is 0. The predicted molar refractivity (Wildman–Crippen MR) is 58.5 cm³/mol. The highest BCUT2D eigenvalue weighted by molar-refractivity contribution is 5.75. The molecule has 2 amide bonds. The van der Waals surface area contributed by atoms with Gasteiger partial charge < -0.3 is 15.8 Å². The monoisotopic (exact) mass is 222 g/mol. The molecule has 0 aliphatic heterocycles. The number of nitrogens with two attached hydrogens (primary N) is 1. The van der Waals surface area contributed by atoms with Crippen LogP contribution in [0.2, 0.25) is 0 Å². The Bertz CT molecular complexity index is 365. The second kappa shape index (κ2) is 5.75. The second-order valence-corrected chi connectivity index (χ2v) is 3.25. The van der Waals surface area contributed by atoms with E-state index in [2.05, 4.69) is 10.1 Å². The Morgan fingerprint density at radius 2 is 2.00 bits per heavy atom. The zero-order valence-electron chi connectivity index (χ0n) is 8.97. The number of methoxy groups -OCH3 is 1. The Labute approximate surface area is 93.6 Å². The molecule has 0 spiro atoms. The molecule has 5 heteroatoms. The van der Waals surface area contributed by atoms with Crippen LogP contribution in [0.25, 0.3) is 0 Å². The van der Waals surface area contributed by atoms with E-state index in [0.29, 0.717) is 0 Å². The molecule has 3 N–H and O–H groups in total. The maximum absolute atomic E-state index is 11.2. The van der Waals surface area contributed by atoms with Crippen molar-refractivity contribution in [1.82, 2.24) is 5.32 Å². The normalized spacial score (nSPS) is 11.6. The number of rotatable bonds is 4. The smallest absolute Gasteiger partial charge is 0.312 e. The summed E-state index contributed by atoms with van der Waals surface area (Å²) in [5.74, 6) is -0.400. The molecule has 1 aromatic rings. The minimum atomic E-state index is -0.669. The summed E-state index contributed by atoms with van der Waals surface area (Å²) in [5.41, 5.74) is 5.86. The van der Waals surface area contributed by atoms with Crippen LogP contribution in [-0.4, -0.2) is 19.1 Å². The molecular formula is C11H14N2O3. The summed E-state index contributed by atoms with van der Waals surface area (Å²) >= 11 is 0. The predicted octanol–water partition coefficient (Wildman–Crippen LogP) is 0.959. The van der Waals surface area contributed by atoms with Gasteiger partial charge >= 0.3 is 12.0 Å². The van der Waals surface area contributed by atoms with Crippen LogP contribution >= 0.6 is 0 Å². The number of urea groups is 1. The number of amides is 2. The number of carbonyl (C=O) groups excluding carboxylic acids is 2. The van der Waals surface area contributed by atoms with E-state index in [9.17, 15) is 9.59 Å². The Kier molecular flexibility index (Phi) is 4.32. The van der Waals surface area contributed by atoms with Gasteiger partial charge in [-0.15, -0.1) is 0 Å². The van der Waals surface area contributed by atoms with Crippen LogP contribution in [0.3, 0.4) is 0 Å². The summed E-state index contributed by atoms with van der Waals surface area (Å²) in [7, 11) is 1.30. The third-order valence-corrected chi connectivity index (χ3v) is 2.12. The summed E-state index contributed by atoms with van der Waals surface area (Å²) in [4.78, 5) is 22.0. The largest absolute Gasteiger partial charge is 0.469 e. The van der Waals surface area contributed by atoms with Gasteiger partial charge in [0.15, 0.2) is 0 Å². The highest BCUT2D eigenvalue weighted by Gasteiger charge is 2.17. The number of carbonyl (C=O) groups is 2. The van der Waals surface area contributed by atoms with Crippen LogP contribution in [-0.2, 0) is 9.53 Å². The average molecular weight is 222 g/mol. The first-order valence-corrected chi connectivity index (χ1v) is 4.81. The van der Waals surface area contributed by atoms with Gasteiger partial charge in [0.05, 0.1) is 19.6 Å². The van der Waals surface area contributed by atoms with Crippen LogP contribution < -0.4 is 11.1 Å². The third kappa shape index (κ3) is 3.61. The van der Waals surface area contributed by atoms with Gasteiger partial charge in [0.1, 0.15) is 0 Å². The van der Waals surface area contributed by atoms with Crippen LogP contribution in [0.4, 0.5) is 4.79 Å². The number of esters is 1.